The zero-order valence-corrected chi connectivity index (χ0v) is 17.7. The molecule has 2 fully saturated rings. The van der Waals surface area contributed by atoms with Crippen molar-refractivity contribution in [2.45, 2.75) is 44.1 Å². The molecule has 5 rings (SSSR count). The fraction of sp³-hybridized carbons (Fsp3) is 0.545. The van der Waals surface area contributed by atoms with Crippen molar-refractivity contribution in [2.24, 2.45) is 0 Å². The van der Waals surface area contributed by atoms with Crippen LogP contribution in [0.3, 0.4) is 0 Å². The molecule has 0 unspecified atom stereocenters. The maximum absolute atomic E-state index is 5.63. The summed E-state index contributed by atoms with van der Waals surface area (Å²) in [7, 11) is 1.66. The molecule has 7 heteroatoms. The van der Waals surface area contributed by atoms with Gasteiger partial charge in [0.15, 0.2) is 0 Å². The molecule has 1 saturated heterocycles. The Morgan fingerprint density at radius 1 is 1.21 bits per heavy atom. The Hall–Kier alpha value is -1.96. The average molecular weight is 413 g/mol. The number of hydrogen-bond acceptors (Lipinski definition) is 6. The Morgan fingerprint density at radius 2 is 2.10 bits per heavy atom. The topological polar surface area (TPSA) is 63.3 Å². The van der Waals surface area contributed by atoms with Crippen LogP contribution in [0, 0.1) is 0 Å². The van der Waals surface area contributed by atoms with Gasteiger partial charge < -0.3 is 14.5 Å². The van der Waals surface area contributed by atoms with Crippen LogP contribution in [0.1, 0.15) is 43.6 Å². The SMILES string of the molecule is COc1nc(-c2c[nH]c3ncc(C4CCC(N5CCCOCC5)CC4)cc23)cs1. The van der Waals surface area contributed by atoms with Crippen LogP contribution in [0.4, 0.5) is 0 Å². The zero-order chi connectivity index (χ0) is 19.6. The molecule has 0 bridgehead atoms. The largest absolute Gasteiger partial charge is 0.473 e. The number of ether oxygens (including phenoxy) is 2. The van der Waals surface area contributed by atoms with Crippen molar-refractivity contribution in [2.75, 3.05) is 33.4 Å². The second kappa shape index (κ2) is 8.42. The van der Waals surface area contributed by atoms with Gasteiger partial charge in [-0.3, -0.25) is 4.90 Å². The summed E-state index contributed by atoms with van der Waals surface area (Å²) in [5.41, 5.74) is 4.34. The van der Waals surface area contributed by atoms with Gasteiger partial charge in [-0.25, -0.2) is 9.97 Å². The maximum Gasteiger partial charge on any atom is 0.273 e. The second-order valence-corrected chi connectivity index (χ2v) is 8.90. The number of methoxy groups -OCH3 is 1. The zero-order valence-electron chi connectivity index (χ0n) is 16.9. The fourth-order valence-corrected chi connectivity index (χ4v) is 5.47. The Labute approximate surface area is 175 Å². The van der Waals surface area contributed by atoms with Crippen molar-refractivity contribution in [3.8, 4) is 16.5 Å². The quantitative estimate of drug-likeness (QED) is 0.686. The summed E-state index contributed by atoms with van der Waals surface area (Å²) in [6.45, 7) is 4.08. The van der Waals surface area contributed by atoms with Crippen LogP contribution in [0.5, 0.6) is 5.19 Å². The predicted molar refractivity (Wildman–Crippen MR) is 116 cm³/mol. The minimum Gasteiger partial charge on any atom is -0.473 e. The summed E-state index contributed by atoms with van der Waals surface area (Å²) in [5.74, 6) is 0.596. The summed E-state index contributed by atoms with van der Waals surface area (Å²) >= 11 is 1.52. The Morgan fingerprint density at radius 3 is 2.93 bits per heavy atom. The number of thiazole rings is 1. The van der Waals surface area contributed by atoms with Crippen LogP contribution >= 0.6 is 11.3 Å². The number of aromatic nitrogens is 3. The maximum atomic E-state index is 5.63. The lowest BCUT2D eigenvalue weighted by molar-refractivity contribution is 0.118. The van der Waals surface area contributed by atoms with Crippen LogP contribution in [0.25, 0.3) is 22.3 Å². The second-order valence-electron chi connectivity index (χ2n) is 8.08. The van der Waals surface area contributed by atoms with Crippen LogP contribution in [-0.4, -0.2) is 59.3 Å². The molecule has 3 aromatic rings. The molecular weight excluding hydrogens is 384 g/mol. The summed E-state index contributed by atoms with van der Waals surface area (Å²) in [4.78, 5) is 15.2. The van der Waals surface area contributed by atoms with Gasteiger partial charge in [-0.1, -0.05) is 11.3 Å². The molecule has 1 saturated carbocycles. The number of H-pyrrole nitrogens is 1. The van der Waals surface area contributed by atoms with E-state index in [4.69, 9.17) is 14.5 Å². The molecule has 29 heavy (non-hydrogen) atoms. The summed E-state index contributed by atoms with van der Waals surface area (Å²) in [6, 6.07) is 3.04. The van der Waals surface area contributed by atoms with Crippen LogP contribution in [0.2, 0.25) is 0 Å². The van der Waals surface area contributed by atoms with Gasteiger partial charge in [-0.2, -0.15) is 0 Å². The van der Waals surface area contributed by atoms with Crippen molar-refractivity contribution in [1.82, 2.24) is 19.9 Å². The number of fused-ring (bicyclic) bond motifs is 1. The van der Waals surface area contributed by atoms with Crippen molar-refractivity contribution in [3.63, 3.8) is 0 Å². The molecule has 154 valence electrons. The minimum atomic E-state index is 0.596. The number of pyridine rings is 1. The molecule has 6 nitrogen and oxygen atoms in total. The van der Waals surface area contributed by atoms with E-state index < -0.39 is 0 Å². The average Bonchev–Trinajstić information content (AvgIpc) is 3.32. The van der Waals surface area contributed by atoms with E-state index >= 15 is 0 Å². The first-order chi connectivity index (χ1) is 14.3. The van der Waals surface area contributed by atoms with Crippen LogP contribution < -0.4 is 4.74 Å². The third-order valence-corrected chi connectivity index (χ3v) is 7.23. The standard InChI is InChI=1S/C22H28N4O2S/c1-27-22-25-20(14-29-22)19-13-24-21-18(19)11-16(12-23-21)15-3-5-17(6-4-15)26-7-2-9-28-10-8-26/h11-15,17H,2-10H2,1H3,(H,23,24). The molecule has 1 aliphatic heterocycles. The molecule has 0 radical (unpaired) electrons. The highest BCUT2D eigenvalue weighted by molar-refractivity contribution is 7.11. The molecule has 4 heterocycles. The number of rotatable bonds is 4. The van der Waals surface area contributed by atoms with Crippen molar-refractivity contribution < 1.29 is 9.47 Å². The van der Waals surface area contributed by atoms with E-state index in [0.29, 0.717) is 11.1 Å². The number of nitrogens with one attached hydrogen (secondary N) is 1. The van der Waals surface area contributed by atoms with Crippen LogP contribution in [0.15, 0.2) is 23.8 Å². The van der Waals surface area contributed by atoms with E-state index in [1.54, 1.807) is 7.11 Å². The number of nitrogens with zero attached hydrogens (tertiary/aromatic N) is 3. The van der Waals surface area contributed by atoms with E-state index in [-0.39, 0.29) is 0 Å². The fourth-order valence-electron chi connectivity index (χ4n) is 4.83. The molecule has 2 aliphatic rings. The summed E-state index contributed by atoms with van der Waals surface area (Å²) < 4.78 is 10.9. The molecule has 0 amide bonds. The molecule has 1 N–H and O–H groups in total. The first-order valence-corrected chi connectivity index (χ1v) is 11.5. The van der Waals surface area contributed by atoms with Crippen molar-refractivity contribution in [3.05, 3.63) is 29.4 Å². The van der Waals surface area contributed by atoms with E-state index in [9.17, 15) is 0 Å². The Bertz CT molecular complexity index is 953. The molecule has 1 aliphatic carbocycles. The van der Waals surface area contributed by atoms with E-state index in [1.807, 2.05) is 11.6 Å². The van der Waals surface area contributed by atoms with Gasteiger partial charge >= 0.3 is 0 Å². The van der Waals surface area contributed by atoms with Gasteiger partial charge in [0, 0.05) is 54.5 Å². The Kier molecular flexibility index (Phi) is 5.52. The minimum absolute atomic E-state index is 0.596. The van der Waals surface area contributed by atoms with Gasteiger partial charge in [-0.05, 0) is 49.7 Å². The van der Waals surface area contributed by atoms with E-state index in [1.165, 1.54) is 49.1 Å². The molecular formula is C22H28N4O2S. The lowest BCUT2D eigenvalue weighted by Gasteiger charge is -2.36. The molecule has 0 spiro atoms. The van der Waals surface area contributed by atoms with Crippen molar-refractivity contribution in [1.29, 1.82) is 0 Å². The molecule has 0 aromatic carbocycles. The summed E-state index contributed by atoms with van der Waals surface area (Å²) in [5, 5.41) is 3.89. The van der Waals surface area contributed by atoms with Gasteiger partial charge in [0.25, 0.3) is 5.19 Å². The third-order valence-electron chi connectivity index (χ3n) is 6.43. The monoisotopic (exact) mass is 412 g/mol. The number of aromatic amines is 1. The smallest absolute Gasteiger partial charge is 0.273 e. The van der Waals surface area contributed by atoms with E-state index in [0.717, 1.165) is 54.5 Å². The van der Waals surface area contributed by atoms with Gasteiger partial charge in [0.2, 0.25) is 0 Å². The third kappa shape index (κ3) is 3.91. The lowest BCUT2D eigenvalue weighted by Crippen LogP contribution is -2.39. The van der Waals surface area contributed by atoms with Gasteiger partial charge in [-0.15, -0.1) is 0 Å². The first-order valence-electron chi connectivity index (χ1n) is 10.6. The number of hydrogen-bond donors (Lipinski definition) is 1. The normalized spacial score (nSPS) is 23.9. The highest BCUT2D eigenvalue weighted by Gasteiger charge is 2.27. The highest BCUT2D eigenvalue weighted by atomic mass is 32.1. The predicted octanol–water partition coefficient (Wildman–Crippen LogP) is 4.44. The molecule has 3 aromatic heterocycles. The van der Waals surface area contributed by atoms with Gasteiger partial charge in [0.05, 0.1) is 19.4 Å². The summed E-state index contributed by atoms with van der Waals surface area (Å²) in [6.07, 6.45) is 10.2. The van der Waals surface area contributed by atoms with E-state index in [2.05, 4.69) is 27.1 Å². The van der Waals surface area contributed by atoms with Gasteiger partial charge in [0.1, 0.15) is 5.65 Å². The molecule has 0 atom stereocenters. The Balaban J connectivity index is 1.32. The van der Waals surface area contributed by atoms with Crippen LogP contribution in [-0.2, 0) is 4.74 Å². The van der Waals surface area contributed by atoms with Crippen molar-refractivity contribution >= 4 is 22.4 Å². The lowest BCUT2D eigenvalue weighted by atomic mass is 9.81. The first kappa shape index (κ1) is 19.0. The highest BCUT2D eigenvalue weighted by Crippen LogP contribution is 2.37.